The first kappa shape index (κ1) is 14.7. The first-order chi connectivity index (χ1) is 9.61. The van der Waals surface area contributed by atoms with Gasteiger partial charge in [0.1, 0.15) is 0 Å². The Kier molecular flexibility index (Phi) is 4.87. The normalized spacial score (nSPS) is 11.9. The van der Waals surface area contributed by atoms with E-state index in [1.807, 2.05) is 31.2 Å². The monoisotopic (exact) mass is 334 g/mol. The summed E-state index contributed by atoms with van der Waals surface area (Å²) >= 11 is 3.37. The molecule has 1 atom stereocenters. The molecule has 2 aromatic rings. The Labute approximate surface area is 126 Å². The van der Waals surface area contributed by atoms with E-state index in [9.17, 15) is 9.90 Å². The fraction of sp³-hybridized carbons (Fsp3) is 0.200. The Morgan fingerprint density at radius 3 is 2.70 bits per heavy atom. The molecule has 0 saturated heterocycles. The van der Waals surface area contributed by atoms with Gasteiger partial charge in [-0.3, -0.25) is 9.78 Å². The van der Waals surface area contributed by atoms with E-state index in [0.717, 1.165) is 10.0 Å². The topological polar surface area (TPSA) is 62.2 Å². The van der Waals surface area contributed by atoms with Crippen molar-refractivity contribution in [3.8, 4) is 0 Å². The number of aliphatic hydroxyl groups excluding tert-OH is 1. The number of nitrogens with one attached hydrogen (secondary N) is 1. The van der Waals surface area contributed by atoms with E-state index in [4.69, 9.17) is 0 Å². The molecule has 2 rings (SSSR count). The van der Waals surface area contributed by atoms with Gasteiger partial charge in [0.25, 0.3) is 0 Å². The lowest BCUT2D eigenvalue weighted by Crippen LogP contribution is -2.19. The van der Waals surface area contributed by atoms with Crippen molar-refractivity contribution < 1.29 is 9.90 Å². The molecule has 0 spiro atoms. The van der Waals surface area contributed by atoms with Crippen molar-refractivity contribution in [2.24, 2.45) is 0 Å². The zero-order chi connectivity index (χ0) is 14.5. The van der Waals surface area contributed by atoms with Gasteiger partial charge in [-0.1, -0.05) is 28.1 Å². The molecule has 5 heteroatoms. The molecule has 1 amide bonds. The van der Waals surface area contributed by atoms with Crippen LogP contribution in [0.5, 0.6) is 0 Å². The van der Waals surface area contributed by atoms with E-state index >= 15 is 0 Å². The standard InChI is InChI=1S/C15H15BrN2O2/c1-10(11-2-4-13(16)5-3-11)15(20)18-14-8-17-7-6-12(14)9-19/h2-8,10,19H,9H2,1H3,(H,18,20). The quantitative estimate of drug-likeness (QED) is 0.903. The summed E-state index contributed by atoms with van der Waals surface area (Å²) in [6, 6.07) is 9.31. The molecular formula is C15H15BrN2O2. The lowest BCUT2D eigenvalue weighted by molar-refractivity contribution is -0.117. The summed E-state index contributed by atoms with van der Waals surface area (Å²) in [6.07, 6.45) is 3.12. The van der Waals surface area contributed by atoms with Gasteiger partial charge in [0, 0.05) is 16.2 Å². The molecule has 0 bridgehead atoms. The number of anilines is 1. The summed E-state index contributed by atoms with van der Waals surface area (Å²) in [4.78, 5) is 16.2. The highest BCUT2D eigenvalue weighted by atomic mass is 79.9. The largest absolute Gasteiger partial charge is 0.392 e. The second kappa shape index (κ2) is 6.63. The molecule has 1 unspecified atom stereocenters. The number of hydrogen-bond acceptors (Lipinski definition) is 3. The van der Waals surface area contributed by atoms with E-state index in [-0.39, 0.29) is 18.4 Å². The van der Waals surface area contributed by atoms with Crippen LogP contribution in [0.25, 0.3) is 0 Å². The van der Waals surface area contributed by atoms with Gasteiger partial charge < -0.3 is 10.4 Å². The molecule has 0 aliphatic carbocycles. The van der Waals surface area contributed by atoms with Gasteiger partial charge >= 0.3 is 0 Å². The van der Waals surface area contributed by atoms with Gasteiger partial charge in [0.15, 0.2) is 0 Å². The smallest absolute Gasteiger partial charge is 0.231 e. The average Bonchev–Trinajstić information content (AvgIpc) is 2.48. The number of rotatable bonds is 4. The van der Waals surface area contributed by atoms with Crippen LogP contribution in [-0.2, 0) is 11.4 Å². The maximum atomic E-state index is 12.2. The van der Waals surface area contributed by atoms with Crippen LogP contribution >= 0.6 is 15.9 Å². The maximum absolute atomic E-state index is 12.2. The van der Waals surface area contributed by atoms with Crippen molar-refractivity contribution in [1.29, 1.82) is 0 Å². The van der Waals surface area contributed by atoms with Crippen LogP contribution in [-0.4, -0.2) is 16.0 Å². The third kappa shape index (κ3) is 3.43. The van der Waals surface area contributed by atoms with Crippen molar-refractivity contribution >= 4 is 27.5 Å². The highest BCUT2D eigenvalue weighted by Crippen LogP contribution is 2.21. The molecule has 0 radical (unpaired) electrons. The van der Waals surface area contributed by atoms with Gasteiger partial charge in [0.05, 0.1) is 24.4 Å². The Bertz CT molecular complexity index is 599. The van der Waals surface area contributed by atoms with Crippen molar-refractivity contribution in [2.75, 3.05) is 5.32 Å². The van der Waals surface area contributed by atoms with Crippen LogP contribution < -0.4 is 5.32 Å². The van der Waals surface area contributed by atoms with E-state index < -0.39 is 0 Å². The molecular weight excluding hydrogens is 320 g/mol. The number of halogens is 1. The Hall–Kier alpha value is -1.72. The molecule has 0 aliphatic rings. The van der Waals surface area contributed by atoms with Gasteiger partial charge in [-0.15, -0.1) is 0 Å². The SMILES string of the molecule is CC(C(=O)Nc1cnccc1CO)c1ccc(Br)cc1. The number of pyridine rings is 1. The van der Waals surface area contributed by atoms with E-state index in [1.165, 1.54) is 6.20 Å². The highest BCUT2D eigenvalue weighted by molar-refractivity contribution is 9.10. The van der Waals surface area contributed by atoms with E-state index in [2.05, 4.69) is 26.2 Å². The minimum absolute atomic E-state index is 0.130. The first-order valence-corrected chi connectivity index (χ1v) is 7.01. The van der Waals surface area contributed by atoms with Crippen LogP contribution in [0.3, 0.4) is 0 Å². The minimum Gasteiger partial charge on any atom is -0.392 e. The molecule has 1 heterocycles. The fourth-order valence-electron chi connectivity index (χ4n) is 1.82. The van der Waals surface area contributed by atoms with Crippen LogP contribution in [0.1, 0.15) is 24.0 Å². The van der Waals surface area contributed by atoms with E-state index in [1.54, 1.807) is 12.3 Å². The maximum Gasteiger partial charge on any atom is 0.231 e. The van der Waals surface area contributed by atoms with Crippen molar-refractivity contribution in [3.05, 3.63) is 58.3 Å². The number of hydrogen-bond donors (Lipinski definition) is 2. The zero-order valence-corrected chi connectivity index (χ0v) is 12.6. The Morgan fingerprint density at radius 2 is 2.05 bits per heavy atom. The van der Waals surface area contributed by atoms with Gasteiger partial charge in [-0.05, 0) is 30.7 Å². The zero-order valence-electron chi connectivity index (χ0n) is 11.0. The lowest BCUT2D eigenvalue weighted by atomic mass is 10.0. The second-order valence-corrected chi connectivity index (χ2v) is 5.37. The number of carbonyl (C=O) groups excluding carboxylic acids is 1. The number of aromatic nitrogens is 1. The van der Waals surface area contributed by atoms with Crippen LogP contribution in [0, 0.1) is 0 Å². The van der Waals surface area contributed by atoms with Gasteiger partial charge in [0.2, 0.25) is 5.91 Å². The number of nitrogens with zero attached hydrogens (tertiary/aromatic N) is 1. The third-order valence-electron chi connectivity index (χ3n) is 3.10. The van der Waals surface area contributed by atoms with Gasteiger partial charge in [-0.2, -0.15) is 0 Å². The summed E-state index contributed by atoms with van der Waals surface area (Å²) in [5.41, 5.74) is 2.13. The molecule has 0 saturated carbocycles. The lowest BCUT2D eigenvalue weighted by Gasteiger charge is -2.14. The number of carbonyl (C=O) groups is 1. The highest BCUT2D eigenvalue weighted by Gasteiger charge is 2.16. The number of benzene rings is 1. The number of amides is 1. The molecule has 0 aliphatic heterocycles. The third-order valence-corrected chi connectivity index (χ3v) is 3.63. The molecule has 0 fully saturated rings. The predicted molar refractivity (Wildman–Crippen MR) is 81.3 cm³/mol. The Balaban J connectivity index is 2.13. The summed E-state index contributed by atoms with van der Waals surface area (Å²) < 4.78 is 0.976. The summed E-state index contributed by atoms with van der Waals surface area (Å²) in [5, 5.41) is 12.0. The van der Waals surface area contributed by atoms with E-state index in [0.29, 0.717) is 11.3 Å². The summed E-state index contributed by atoms with van der Waals surface area (Å²) in [5.74, 6) is -0.412. The van der Waals surface area contributed by atoms with Crippen LogP contribution in [0.15, 0.2) is 47.2 Å². The van der Waals surface area contributed by atoms with Gasteiger partial charge in [-0.25, -0.2) is 0 Å². The summed E-state index contributed by atoms with van der Waals surface area (Å²) in [6.45, 7) is 1.71. The molecule has 1 aromatic heterocycles. The molecule has 20 heavy (non-hydrogen) atoms. The molecule has 1 aromatic carbocycles. The fourth-order valence-corrected chi connectivity index (χ4v) is 2.08. The Morgan fingerprint density at radius 1 is 1.35 bits per heavy atom. The average molecular weight is 335 g/mol. The molecule has 104 valence electrons. The van der Waals surface area contributed by atoms with Crippen LogP contribution in [0.4, 0.5) is 5.69 Å². The molecule has 2 N–H and O–H groups in total. The minimum atomic E-state index is -0.283. The van der Waals surface area contributed by atoms with Crippen molar-refractivity contribution in [1.82, 2.24) is 4.98 Å². The molecule has 4 nitrogen and oxygen atoms in total. The van der Waals surface area contributed by atoms with Crippen molar-refractivity contribution in [2.45, 2.75) is 19.4 Å². The first-order valence-electron chi connectivity index (χ1n) is 6.22. The summed E-state index contributed by atoms with van der Waals surface area (Å²) in [7, 11) is 0. The predicted octanol–water partition coefficient (Wildman–Crippen LogP) is 3.08. The second-order valence-electron chi connectivity index (χ2n) is 4.45. The number of aliphatic hydroxyl groups is 1. The van der Waals surface area contributed by atoms with Crippen molar-refractivity contribution in [3.63, 3.8) is 0 Å². The van der Waals surface area contributed by atoms with Crippen LogP contribution in [0.2, 0.25) is 0 Å².